The van der Waals surface area contributed by atoms with Crippen molar-refractivity contribution in [2.24, 2.45) is 7.05 Å². The molecular weight excluding hydrogens is 280 g/mol. The second kappa shape index (κ2) is 4.43. The number of hydrogen-bond donors (Lipinski definition) is 0. The zero-order chi connectivity index (χ0) is 14.6. The number of benzene rings is 1. The molecule has 21 heavy (non-hydrogen) atoms. The van der Waals surface area contributed by atoms with Gasteiger partial charge in [-0.05, 0) is 24.0 Å². The molecule has 3 aromatic rings. The molecule has 0 atom stereocenters. The van der Waals surface area contributed by atoms with E-state index >= 15 is 0 Å². The maximum Gasteiger partial charge on any atom is 0.102 e. The normalized spacial score (nSPS) is 14.9. The van der Waals surface area contributed by atoms with Gasteiger partial charge in [-0.15, -0.1) is 0 Å². The molecule has 4 nitrogen and oxygen atoms in total. The summed E-state index contributed by atoms with van der Waals surface area (Å²) in [5, 5.41) is 7.04. The van der Waals surface area contributed by atoms with Gasteiger partial charge in [0, 0.05) is 43.0 Å². The Morgan fingerprint density at radius 1 is 1.24 bits per heavy atom. The number of fused-ring (bicyclic) bond motifs is 2. The van der Waals surface area contributed by atoms with Crippen LogP contribution in [0.3, 0.4) is 0 Å². The van der Waals surface area contributed by atoms with Gasteiger partial charge in [0.15, 0.2) is 0 Å². The lowest BCUT2D eigenvalue weighted by Crippen LogP contribution is -2.38. The average molecular weight is 296 g/mol. The van der Waals surface area contributed by atoms with Crippen molar-refractivity contribution in [2.75, 3.05) is 13.6 Å². The van der Waals surface area contributed by atoms with Crippen LogP contribution in [0.15, 0.2) is 30.6 Å². The molecule has 0 saturated carbocycles. The number of aryl methyl sites for hydroxylation is 1. The van der Waals surface area contributed by atoms with E-state index in [0.717, 1.165) is 12.1 Å². The van der Waals surface area contributed by atoms with Crippen molar-refractivity contribution >= 4 is 33.7 Å². The van der Waals surface area contributed by atoms with Crippen LogP contribution < -0.4 is 9.75 Å². The van der Waals surface area contributed by atoms with Crippen LogP contribution in [0.4, 0.5) is 0 Å². The summed E-state index contributed by atoms with van der Waals surface area (Å²) < 4.78 is 7.58. The second-order valence-electron chi connectivity index (χ2n) is 5.60. The number of rotatable bonds is 1. The molecule has 1 aliphatic rings. The highest BCUT2D eigenvalue weighted by molar-refractivity contribution is 7.03. The topological polar surface area (TPSA) is 34.0 Å². The third kappa shape index (κ3) is 1.81. The van der Waals surface area contributed by atoms with Crippen LogP contribution in [0.1, 0.15) is 12.5 Å². The minimum atomic E-state index is 0.938. The summed E-state index contributed by atoms with van der Waals surface area (Å²) in [5.41, 5.74) is 4.85. The maximum atomic E-state index is 4.64. The zero-order valence-electron chi connectivity index (χ0n) is 12.3. The van der Waals surface area contributed by atoms with Gasteiger partial charge in [-0.2, -0.15) is 9.47 Å². The largest absolute Gasteiger partial charge is 0.369 e. The van der Waals surface area contributed by atoms with Gasteiger partial charge in [-0.25, -0.2) is 0 Å². The van der Waals surface area contributed by atoms with E-state index in [9.17, 15) is 0 Å². The van der Waals surface area contributed by atoms with Crippen molar-refractivity contribution in [2.45, 2.75) is 6.92 Å². The van der Waals surface area contributed by atoms with Crippen LogP contribution in [0.5, 0.6) is 0 Å². The van der Waals surface area contributed by atoms with Crippen molar-refractivity contribution in [3.63, 3.8) is 0 Å². The summed E-state index contributed by atoms with van der Waals surface area (Å²) in [4.78, 5) is 2.30. The first kappa shape index (κ1) is 12.6. The lowest BCUT2D eigenvalue weighted by molar-refractivity contribution is 0.533. The van der Waals surface area contributed by atoms with Crippen molar-refractivity contribution < 1.29 is 0 Å². The minimum Gasteiger partial charge on any atom is -0.369 e. The van der Waals surface area contributed by atoms with Gasteiger partial charge in [-0.1, -0.05) is 18.2 Å². The van der Waals surface area contributed by atoms with Gasteiger partial charge in [0.05, 0.1) is 16.4 Å². The number of aromatic nitrogens is 3. The van der Waals surface area contributed by atoms with Crippen LogP contribution in [0.25, 0.3) is 22.2 Å². The Labute approximate surface area is 126 Å². The van der Waals surface area contributed by atoms with E-state index in [-0.39, 0.29) is 0 Å². The fourth-order valence-electron chi connectivity index (χ4n) is 3.14. The van der Waals surface area contributed by atoms with E-state index in [1.165, 1.54) is 32.0 Å². The Hall–Kier alpha value is -2.14. The molecule has 1 aliphatic heterocycles. The first-order valence-corrected chi connectivity index (χ1v) is 7.71. The quantitative estimate of drug-likeness (QED) is 0.679. The summed E-state index contributed by atoms with van der Waals surface area (Å²) >= 11 is 1.58. The van der Waals surface area contributed by atoms with E-state index < -0.39 is 0 Å². The predicted octanol–water partition coefficient (Wildman–Crippen LogP) is 1.30. The molecule has 2 aromatic heterocycles. The molecule has 5 heteroatoms. The lowest BCUT2D eigenvalue weighted by Gasteiger charge is -2.26. The first-order valence-electron chi connectivity index (χ1n) is 6.94. The Morgan fingerprint density at radius 3 is 2.95 bits per heavy atom. The number of nitrogens with zero attached hydrogens (tertiary/aromatic N) is 4. The molecular formula is C16H16N4S. The SMILES string of the molecule is CC1=c2sncc2=C(c2cccc3cn(C)nc23)N(C)C1. The molecule has 0 fully saturated rings. The molecule has 0 bridgehead atoms. The van der Waals surface area contributed by atoms with Gasteiger partial charge in [0.1, 0.15) is 5.52 Å². The van der Waals surface area contributed by atoms with Crippen molar-refractivity contribution in [3.8, 4) is 0 Å². The molecule has 0 aliphatic carbocycles. The maximum absolute atomic E-state index is 4.64. The Kier molecular flexibility index (Phi) is 2.65. The molecule has 0 spiro atoms. The van der Waals surface area contributed by atoms with E-state index in [2.05, 4.69) is 52.7 Å². The zero-order valence-corrected chi connectivity index (χ0v) is 13.1. The molecule has 0 unspecified atom stereocenters. The molecule has 0 amide bonds. The fourth-order valence-corrected chi connectivity index (χ4v) is 3.87. The van der Waals surface area contributed by atoms with E-state index in [0.29, 0.717) is 0 Å². The van der Waals surface area contributed by atoms with Crippen LogP contribution in [0.2, 0.25) is 0 Å². The smallest absolute Gasteiger partial charge is 0.102 e. The van der Waals surface area contributed by atoms with Gasteiger partial charge in [0.2, 0.25) is 0 Å². The Bertz CT molecular complexity index is 964. The molecule has 0 saturated heterocycles. The summed E-state index contributed by atoms with van der Waals surface area (Å²) in [5.74, 6) is 0. The molecule has 0 N–H and O–H groups in total. The van der Waals surface area contributed by atoms with Crippen LogP contribution in [-0.2, 0) is 7.05 Å². The van der Waals surface area contributed by atoms with Gasteiger partial charge in [0.25, 0.3) is 0 Å². The third-order valence-corrected chi connectivity index (χ3v) is 4.94. The number of hydrogen-bond acceptors (Lipinski definition) is 4. The van der Waals surface area contributed by atoms with E-state index in [4.69, 9.17) is 0 Å². The van der Waals surface area contributed by atoms with Crippen LogP contribution in [-0.4, -0.2) is 32.6 Å². The van der Waals surface area contributed by atoms with Crippen LogP contribution in [0, 0.1) is 0 Å². The van der Waals surface area contributed by atoms with Crippen molar-refractivity contribution in [1.82, 2.24) is 19.1 Å². The summed E-state index contributed by atoms with van der Waals surface area (Å²) in [6.45, 7) is 3.12. The van der Waals surface area contributed by atoms with Crippen molar-refractivity contribution in [1.29, 1.82) is 0 Å². The lowest BCUT2D eigenvalue weighted by atomic mass is 10.0. The van der Waals surface area contributed by atoms with Gasteiger partial charge in [-0.3, -0.25) is 4.68 Å². The standard InChI is InChI=1S/C16H16N4S/c1-10-8-19(2)15(13-7-17-21-16(10)13)12-6-4-5-11-9-20(3)18-14(11)12/h4-7,9H,8H2,1-3H3. The van der Waals surface area contributed by atoms with E-state index in [1.54, 1.807) is 11.5 Å². The second-order valence-corrected chi connectivity index (χ2v) is 6.40. The molecule has 3 heterocycles. The first-order chi connectivity index (χ1) is 10.1. The monoisotopic (exact) mass is 296 g/mol. The van der Waals surface area contributed by atoms with Gasteiger partial charge < -0.3 is 4.90 Å². The fraction of sp³-hybridized carbons (Fsp3) is 0.250. The highest BCUT2D eigenvalue weighted by atomic mass is 32.1. The third-order valence-electron chi connectivity index (χ3n) is 3.98. The summed E-state index contributed by atoms with van der Waals surface area (Å²) in [6, 6.07) is 6.37. The highest BCUT2D eigenvalue weighted by Crippen LogP contribution is 2.25. The van der Waals surface area contributed by atoms with Gasteiger partial charge >= 0.3 is 0 Å². The van der Waals surface area contributed by atoms with Crippen LogP contribution >= 0.6 is 11.5 Å². The average Bonchev–Trinajstić information content (AvgIpc) is 3.04. The molecule has 0 radical (unpaired) electrons. The predicted molar refractivity (Wildman–Crippen MR) is 86.3 cm³/mol. The summed E-state index contributed by atoms with van der Waals surface area (Å²) in [6.07, 6.45) is 4.04. The minimum absolute atomic E-state index is 0.938. The molecule has 1 aromatic carbocycles. The Morgan fingerprint density at radius 2 is 2.10 bits per heavy atom. The highest BCUT2D eigenvalue weighted by Gasteiger charge is 2.19. The van der Waals surface area contributed by atoms with E-state index in [1.807, 2.05) is 17.9 Å². The molecule has 4 rings (SSSR count). The summed E-state index contributed by atoms with van der Waals surface area (Å²) in [7, 11) is 4.11. The van der Waals surface area contributed by atoms with Crippen molar-refractivity contribution in [3.05, 3.63) is 45.9 Å². The molecule has 106 valence electrons. The Balaban J connectivity index is 2.15.